The molecule has 5 heteroatoms. The quantitative estimate of drug-likeness (QED) is 0.318. The Morgan fingerprint density at radius 2 is 0.931 bits per heavy atom. The first kappa shape index (κ1) is 26.4. The molecule has 0 spiro atoms. The Kier molecular flexibility index (Phi) is 13.9. The molecule has 0 heterocycles. The predicted molar refractivity (Wildman–Crippen MR) is 110 cm³/mol. The Hall–Kier alpha value is -2.62. The molecule has 29 heavy (non-hydrogen) atoms. The van der Waals surface area contributed by atoms with Crippen molar-refractivity contribution >= 4 is 23.1 Å². The van der Waals surface area contributed by atoms with Gasteiger partial charge in [0.15, 0.2) is 0 Å². The second-order valence-corrected chi connectivity index (χ2v) is 6.41. The third kappa shape index (κ3) is 14.1. The van der Waals surface area contributed by atoms with Gasteiger partial charge in [-0.15, -0.1) is 0 Å². The molecule has 2 rings (SSSR count). The molecule has 2 aromatic carbocycles. The SMILES string of the molecule is CC(=O)[CH-]C(=O)CCc1ccccc1.CC(=O)[CH-]C(=O)CCc1ccccc1.[Cu+2]. The number of benzene rings is 2. The molecular formula is C24H26CuO4. The number of ketones is 4. The van der Waals surface area contributed by atoms with E-state index in [1.165, 1.54) is 13.8 Å². The van der Waals surface area contributed by atoms with Crippen molar-refractivity contribution in [2.75, 3.05) is 0 Å². The Balaban J connectivity index is 0.000000523. The zero-order valence-corrected chi connectivity index (χ0v) is 17.6. The molecule has 2 aromatic rings. The van der Waals surface area contributed by atoms with Gasteiger partial charge in [-0.3, -0.25) is 12.8 Å². The molecule has 0 saturated heterocycles. The van der Waals surface area contributed by atoms with Gasteiger partial charge in [-0.1, -0.05) is 60.7 Å². The average Bonchev–Trinajstić information content (AvgIpc) is 2.66. The van der Waals surface area contributed by atoms with Gasteiger partial charge in [0.25, 0.3) is 0 Å². The molecular weight excluding hydrogens is 416 g/mol. The van der Waals surface area contributed by atoms with Crippen LogP contribution in [0.4, 0.5) is 0 Å². The molecule has 0 atom stereocenters. The maximum absolute atomic E-state index is 11.2. The van der Waals surface area contributed by atoms with Gasteiger partial charge in [0.1, 0.15) is 0 Å². The molecule has 0 bridgehead atoms. The van der Waals surface area contributed by atoms with Crippen LogP contribution in [-0.4, -0.2) is 23.1 Å². The van der Waals surface area contributed by atoms with Crippen LogP contribution in [0, 0.1) is 12.8 Å². The summed E-state index contributed by atoms with van der Waals surface area (Å²) in [7, 11) is 0. The van der Waals surface area contributed by atoms with Crippen LogP contribution in [0.1, 0.15) is 37.8 Å². The monoisotopic (exact) mass is 441 g/mol. The molecule has 0 aromatic heterocycles. The number of carbonyl (C=O) groups excluding carboxylic acids is 4. The molecule has 0 fully saturated rings. The first-order valence-corrected chi connectivity index (χ1v) is 9.21. The molecule has 1 radical (unpaired) electrons. The van der Waals surface area contributed by atoms with Crippen LogP contribution in [0.5, 0.6) is 0 Å². The fourth-order valence-corrected chi connectivity index (χ4v) is 2.42. The summed E-state index contributed by atoms with van der Waals surface area (Å²) in [4.78, 5) is 43.5. The van der Waals surface area contributed by atoms with Crippen LogP contribution in [0.25, 0.3) is 0 Å². The maximum Gasteiger partial charge on any atom is 2.00 e. The van der Waals surface area contributed by atoms with Crippen molar-refractivity contribution in [3.8, 4) is 0 Å². The minimum atomic E-state index is -0.178. The fraction of sp³-hybridized carbons (Fsp3) is 0.250. The number of Topliss-reactive ketones (excluding diaryl/α,β-unsaturated/α-hetero) is 4. The summed E-state index contributed by atoms with van der Waals surface area (Å²) in [6, 6.07) is 19.5. The van der Waals surface area contributed by atoms with E-state index in [0.717, 1.165) is 24.0 Å². The van der Waals surface area contributed by atoms with Gasteiger partial charge in [0, 0.05) is 23.1 Å². The van der Waals surface area contributed by atoms with Crippen LogP contribution in [0.3, 0.4) is 0 Å². The van der Waals surface area contributed by atoms with E-state index < -0.39 is 0 Å². The van der Waals surface area contributed by atoms with E-state index in [1.54, 1.807) is 0 Å². The van der Waals surface area contributed by atoms with Crippen molar-refractivity contribution in [1.82, 2.24) is 0 Å². The van der Waals surface area contributed by atoms with E-state index in [4.69, 9.17) is 0 Å². The molecule has 0 aliphatic rings. The van der Waals surface area contributed by atoms with E-state index in [9.17, 15) is 19.2 Å². The Labute approximate surface area is 183 Å². The summed E-state index contributed by atoms with van der Waals surface area (Å²) >= 11 is 0. The van der Waals surface area contributed by atoms with Gasteiger partial charge >= 0.3 is 17.1 Å². The Bertz CT molecular complexity index is 702. The standard InChI is InChI=1S/2C12H13O2.Cu/c2*1-10(13)9-12(14)8-7-11-5-3-2-4-6-11;/h2*2-6,9H,7-8H2,1H3;/q2*-1;+2. The van der Waals surface area contributed by atoms with E-state index in [2.05, 4.69) is 0 Å². The minimum Gasteiger partial charge on any atom is -0.334 e. The molecule has 0 aliphatic carbocycles. The van der Waals surface area contributed by atoms with E-state index >= 15 is 0 Å². The zero-order valence-electron chi connectivity index (χ0n) is 16.7. The van der Waals surface area contributed by atoms with Crippen molar-refractivity contribution < 1.29 is 36.2 Å². The maximum atomic E-state index is 11.2. The van der Waals surface area contributed by atoms with Gasteiger partial charge < -0.3 is 19.2 Å². The van der Waals surface area contributed by atoms with Crippen LogP contribution in [0.15, 0.2) is 60.7 Å². The number of carbonyl (C=O) groups is 4. The van der Waals surface area contributed by atoms with Crippen molar-refractivity contribution in [2.45, 2.75) is 39.5 Å². The van der Waals surface area contributed by atoms with Gasteiger partial charge in [0.05, 0.1) is 0 Å². The van der Waals surface area contributed by atoms with Gasteiger partial charge in [-0.2, -0.15) is 0 Å². The summed E-state index contributed by atoms with van der Waals surface area (Å²) in [5.74, 6) is -0.547. The molecule has 0 unspecified atom stereocenters. The largest absolute Gasteiger partial charge is 2.00 e. The first-order chi connectivity index (χ1) is 13.4. The number of hydrogen-bond acceptors (Lipinski definition) is 4. The predicted octanol–water partition coefficient (Wildman–Crippen LogP) is 3.96. The summed E-state index contributed by atoms with van der Waals surface area (Å²) in [5, 5.41) is 0. The number of hydrogen-bond donors (Lipinski definition) is 0. The van der Waals surface area contributed by atoms with Crippen LogP contribution < -0.4 is 0 Å². The molecule has 4 nitrogen and oxygen atoms in total. The normalized spacial score (nSPS) is 9.17. The Morgan fingerprint density at radius 3 is 1.21 bits per heavy atom. The number of aryl methyl sites for hydroxylation is 2. The smallest absolute Gasteiger partial charge is 0.334 e. The van der Waals surface area contributed by atoms with E-state index in [1.807, 2.05) is 60.7 Å². The first-order valence-electron chi connectivity index (χ1n) is 9.21. The molecule has 0 N–H and O–H groups in total. The molecule has 157 valence electrons. The van der Waals surface area contributed by atoms with E-state index in [0.29, 0.717) is 25.7 Å². The average molecular weight is 442 g/mol. The summed E-state index contributed by atoms with van der Waals surface area (Å²) in [5.41, 5.74) is 2.25. The summed E-state index contributed by atoms with van der Waals surface area (Å²) in [6.07, 6.45) is 4.52. The van der Waals surface area contributed by atoms with Crippen molar-refractivity contribution in [1.29, 1.82) is 0 Å². The van der Waals surface area contributed by atoms with Crippen LogP contribution >= 0.6 is 0 Å². The second kappa shape index (κ2) is 15.3. The topological polar surface area (TPSA) is 68.3 Å². The summed E-state index contributed by atoms with van der Waals surface area (Å²) in [6.45, 7) is 2.78. The zero-order chi connectivity index (χ0) is 20.8. The van der Waals surface area contributed by atoms with Crippen molar-refractivity contribution in [3.05, 3.63) is 84.6 Å². The fourth-order valence-electron chi connectivity index (χ4n) is 2.42. The van der Waals surface area contributed by atoms with Gasteiger partial charge in [-0.05, 0) is 50.7 Å². The molecule has 0 amide bonds. The van der Waals surface area contributed by atoms with Crippen LogP contribution in [-0.2, 0) is 49.1 Å². The summed E-state index contributed by atoms with van der Waals surface area (Å²) < 4.78 is 0. The number of rotatable bonds is 10. The van der Waals surface area contributed by atoms with E-state index in [-0.39, 0.29) is 40.2 Å². The molecule has 0 aliphatic heterocycles. The molecule has 0 saturated carbocycles. The van der Waals surface area contributed by atoms with Crippen molar-refractivity contribution in [2.24, 2.45) is 0 Å². The minimum absolute atomic E-state index is 0. The second-order valence-electron chi connectivity index (χ2n) is 6.41. The third-order valence-corrected chi connectivity index (χ3v) is 3.73. The Morgan fingerprint density at radius 1 is 0.621 bits per heavy atom. The van der Waals surface area contributed by atoms with Gasteiger partial charge in [-0.25, -0.2) is 0 Å². The van der Waals surface area contributed by atoms with Crippen LogP contribution in [0.2, 0.25) is 0 Å². The van der Waals surface area contributed by atoms with Gasteiger partial charge in [0.2, 0.25) is 0 Å². The van der Waals surface area contributed by atoms with Crippen molar-refractivity contribution in [3.63, 3.8) is 0 Å². The third-order valence-electron chi connectivity index (χ3n) is 3.73.